The summed E-state index contributed by atoms with van der Waals surface area (Å²) in [6.07, 6.45) is 4.65. The molecule has 0 aromatic carbocycles. The summed E-state index contributed by atoms with van der Waals surface area (Å²) >= 11 is 9.15. The zero-order valence-corrected chi connectivity index (χ0v) is 10.9. The first-order valence-corrected chi connectivity index (χ1v) is 5.87. The summed E-state index contributed by atoms with van der Waals surface area (Å²) in [7, 11) is 0. The Morgan fingerprint density at radius 1 is 1.35 bits per heavy atom. The Morgan fingerprint density at radius 2 is 2.18 bits per heavy atom. The van der Waals surface area contributed by atoms with Gasteiger partial charge in [0.2, 0.25) is 0 Å². The number of carbonyl (C=O) groups is 1. The lowest BCUT2D eigenvalue weighted by Crippen LogP contribution is -2.13. The Labute approximate surface area is 111 Å². The highest BCUT2D eigenvalue weighted by atomic mass is 79.9. The number of aromatic nitrogens is 2. The minimum Gasteiger partial charge on any atom is -0.305 e. The molecule has 0 aliphatic rings. The van der Waals surface area contributed by atoms with Gasteiger partial charge in [-0.3, -0.25) is 9.78 Å². The Hall–Kier alpha value is -1.46. The fourth-order valence-electron chi connectivity index (χ4n) is 1.21. The van der Waals surface area contributed by atoms with Gasteiger partial charge in [-0.05, 0) is 34.1 Å². The Bertz CT molecular complexity index is 562. The highest BCUT2D eigenvalue weighted by Crippen LogP contribution is 2.20. The van der Waals surface area contributed by atoms with Crippen LogP contribution in [0.5, 0.6) is 0 Å². The summed E-state index contributed by atoms with van der Waals surface area (Å²) in [4.78, 5) is 19.8. The normalized spacial score (nSPS) is 10.0. The van der Waals surface area contributed by atoms with Gasteiger partial charge < -0.3 is 5.32 Å². The van der Waals surface area contributed by atoms with Crippen molar-refractivity contribution in [1.29, 1.82) is 0 Å². The number of anilines is 1. The number of nitrogens with zero attached hydrogens (tertiary/aromatic N) is 2. The molecule has 0 spiro atoms. The van der Waals surface area contributed by atoms with Crippen LogP contribution in [0, 0.1) is 0 Å². The molecule has 1 amide bonds. The first kappa shape index (κ1) is 12.0. The molecule has 0 aliphatic carbocycles. The first-order valence-electron chi connectivity index (χ1n) is 4.70. The van der Waals surface area contributed by atoms with E-state index in [1.54, 1.807) is 36.8 Å². The topological polar surface area (TPSA) is 54.9 Å². The van der Waals surface area contributed by atoms with Crippen molar-refractivity contribution in [1.82, 2.24) is 9.97 Å². The molecule has 2 aromatic heterocycles. The van der Waals surface area contributed by atoms with Crippen molar-refractivity contribution in [2.45, 2.75) is 0 Å². The molecule has 0 saturated carbocycles. The van der Waals surface area contributed by atoms with Gasteiger partial charge in [0.1, 0.15) is 0 Å². The molecule has 0 fully saturated rings. The number of amides is 1. The SMILES string of the molecule is O=C(Nc1ncccc1Cl)c1ccncc1Br. The van der Waals surface area contributed by atoms with E-state index in [1.165, 1.54) is 0 Å². The quantitative estimate of drug-likeness (QED) is 0.927. The Kier molecular flexibility index (Phi) is 3.71. The highest BCUT2D eigenvalue weighted by Gasteiger charge is 2.11. The third-order valence-electron chi connectivity index (χ3n) is 2.01. The number of hydrogen-bond acceptors (Lipinski definition) is 3. The van der Waals surface area contributed by atoms with E-state index in [4.69, 9.17) is 11.6 Å². The van der Waals surface area contributed by atoms with Crippen molar-refractivity contribution >= 4 is 39.3 Å². The van der Waals surface area contributed by atoms with E-state index >= 15 is 0 Å². The van der Waals surface area contributed by atoms with Gasteiger partial charge in [-0.15, -0.1) is 0 Å². The second-order valence-electron chi connectivity index (χ2n) is 3.14. The maximum Gasteiger partial charge on any atom is 0.258 e. The van der Waals surface area contributed by atoms with Crippen molar-refractivity contribution in [2.24, 2.45) is 0 Å². The lowest BCUT2D eigenvalue weighted by molar-refractivity contribution is 0.102. The number of halogens is 2. The molecule has 0 saturated heterocycles. The fourth-order valence-corrected chi connectivity index (χ4v) is 1.81. The highest BCUT2D eigenvalue weighted by molar-refractivity contribution is 9.10. The molecule has 6 heteroatoms. The zero-order chi connectivity index (χ0) is 12.3. The van der Waals surface area contributed by atoms with Crippen LogP contribution in [0.25, 0.3) is 0 Å². The van der Waals surface area contributed by atoms with E-state index in [-0.39, 0.29) is 5.91 Å². The maximum atomic E-state index is 11.9. The van der Waals surface area contributed by atoms with Crippen LogP contribution in [-0.2, 0) is 0 Å². The predicted octanol–water partition coefficient (Wildman–Crippen LogP) is 3.14. The third kappa shape index (κ3) is 2.81. The monoisotopic (exact) mass is 311 g/mol. The maximum absolute atomic E-state index is 11.9. The van der Waals surface area contributed by atoms with Crippen molar-refractivity contribution in [3.05, 3.63) is 51.8 Å². The van der Waals surface area contributed by atoms with E-state index in [0.717, 1.165) is 0 Å². The molecule has 0 atom stereocenters. The average Bonchev–Trinajstić information content (AvgIpc) is 2.32. The Balaban J connectivity index is 2.24. The van der Waals surface area contributed by atoms with Crippen molar-refractivity contribution in [3.8, 4) is 0 Å². The summed E-state index contributed by atoms with van der Waals surface area (Å²) in [5.74, 6) is 0.0442. The number of hydrogen-bond donors (Lipinski definition) is 1. The zero-order valence-electron chi connectivity index (χ0n) is 8.52. The second-order valence-corrected chi connectivity index (χ2v) is 4.41. The summed E-state index contributed by atoms with van der Waals surface area (Å²) < 4.78 is 0.615. The van der Waals surface area contributed by atoms with Crippen LogP contribution in [0.3, 0.4) is 0 Å². The van der Waals surface area contributed by atoms with Crippen LogP contribution in [0.2, 0.25) is 5.02 Å². The van der Waals surface area contributed by atoms with Crippen molar-refractivity contribution in [2.75, 3.05) is 5.32 Å². The van der Waals surface area contributed by atoms with Gasteiger partial charge in [-0.25, -0.2) is 4.98 Å². The molecule has 0 unspecified atom stereocenters. The van der Waals surface area contributed by atoms with E-state index in [1.807, 2.05) is 0 Å². The molecule has 2 rings (SSSR count). The van der Waals surface area contributed by atoms with E-state index in [9.17, 15) is 4.79 Å². The summed E-state index contributed by atoms with van der Waals surface area (Å²) in [5, 5.41) is 3.02. The standard InChI is InChI=1S/C11H7BrClN3O/c12-8-6-14-5-3-7(8)11(17)16-10-9(13)2-1-4-15-10/h1-6H,(H,15,16,17). The minimum atomic E-state index is -0.292. The number of pyridine rings is 2. The Morgan fingerprint density at radius 3 is 2.88 bits per heavy atom. The van der Waals surface area contributed by atoms with Crippen LogP contribution in [0.1, 0.15) is 10.4 Å². The minimum absolute atomic E-state index is 0.292. The molecule has 17 heavy (non-hydrogen) atoms. The first-order chi connectivity index (χ1) is 8.18. The molecule has 0 bridgehead atoms. The van der Waals surface area contributed by atoms with E-state index < -0.39 is 0 Å². The number of carbonyl (C=O) groups excluding carboxylic acids is 1. The molecule has 4 nitrogen and oxygen atoms in total. The lowest BCUT2D eigenvalue weighted by Gasteiger charge is -2.06. The van der Waals surface area contributed by atoms with Gasteiger partial charge in [0, 0.05) is 23.1 Å². The summed E-state index contributed by atoms with van der Waals surface area (Å²) in [6.45, 7) is 0. The number of nitrogens with one attached hydrogen (secondary N) is 1. The van der Waals surface area contributed by atoms with Crippen molar-refractivity contribution in [3.63, 3.8) is 0 Å². The van der Waals surface area contributed by atoms with Gasteiger partial charge in [0.25, 0.3) is 5.91 Å². The van der Waals surface area contributed by atoms with Crippen LogP contribution in [-0.4, -0.2) is 15.9 Å². The van der Waals surface area contributed by atoms with Gasteiger partial charge in [-0.2, -0.15) is 0 Å². The van der Waals surface area contributed by atoms with Crippen LogP contribution >= 0.6 is 27.5 Å². The largest absolute Gasteiger partial charge is 0.305 e. The molecule has 2 heterocycles. The van der Waals surface area contributed by atoms with E-state index in [2.05, 4.69) is 31.2 Å². The fraction of sp³-hybridized carbons (Fsp3) is 0. The van der Waals surface area contributed by atoms with Gasteiger partial charge >= 0.3 is 0 Å². The van der Waals surface area contributed by atoms with Gasteiger partial charge in [0.15, 0.2) is 5.82 Å². The lowest BCUT2D eigenvalue weighted by atomic mass is 10.2. The third-order valence-corrected chi connectivity index (χ3v) is 2.94. The van der Waals surface area contributed by atoms with Crippen LogP contribution < -0.4 is 5.32 Å². The summed E-state index contributed by atoms with van der Waals surface area (Å²) in [5.41, 5.74) is 0.474. The molecule has 0 radical (unpaired) electrons. The molecule has 86 valence electrons. The molecule has 0 aliphatic heterocycles. The van der Waals surface area contributed by atoms with Gasteiger partial charge in [-0.1, -0.05) is 11.6 Å². The van der Waals surface area contributed by atoms with Crippen LogP contribution in [0.15, 0.2) is 41.3 Å². The molecule has 1 N–H and O–H groups in total. The molecular weight excluding hydrogens is 305 g/mol. The second kappa shape index (κ2) is 5.25. The molecule has 2 aromatic rings. The average molecular weight is 313 g/mol. The van der Waals surface area contributed by atoms with Gasteiger partial charge in [0.05, 0.1) is 10.6 Å². The van der Waals surface area contributed by atoms with E-state index in [0.29, 0.717) is 20.9 Å². The summed E-state index contributed by atoms with van der Waals surface area (Å²) in [6, 6.07) is 4.96. The molecular formula is C11H7BrClN3O. The van der Waals surface area contributed by atoms with Crippen LogP contribution in [0.4, 0.5) is 5.82 Å². The number of rotatable bonds is 2. The smallest absolute Gasteiger partial charge is 0.258 e. The predicted molar refractivity (Wildman–Crippen MR) is 69.1 cm³/mol. The van der Waals surface area contributed by atoms with Crippen molar-refractivity contribution < 1.29 is 4.79 Å².